The number of esters is 1. The maximum Gasteiger partial charge on any atom is 0.357 e. The van der Waals surface area contributed by atoms with Gasteiger partial charge in [0.05, 0.1) is 31.0 Å². The molecule has 0 fully saturated rings. The summed E-state index contributed by atoms with van der Waals surface area (Å²) in [6, 6.07) is 10.6. The molecule has 0 amide bonds. The van der Waals surface area contributed by atoms with Crippen LogP contribution < -0.4 is 10.3 Å². The van der Waals surface area contributed by atoms with Crippen LogP contribution in [0.5, 0.6) is 5.75 Å². The largest absolute Gasteiger partial charge is 0.495 e. The number of nitrogens with zero attached hydrogens (tertiary/aromatic N) is 3. The van der Waals surface area contributed by atoms with E-state index in [1.807, 2.05) is 6.92 Å². The zero-order valence-corrected chi connectivity index (χ0v) is 22.1. The first kappa shape index (κ1) is 27.6. The number of aromatic nitrogens is 2. The summed E-state index contributed by atoms with van der Waals surface area (Å²) in [6.07, 6.45) is 3.32. The molecule has 0 spiro atoms. The summed E-state index contributed by atoms with van der Waals surface area (Å²) in [6.45, 7) is 7.11. The van der Waals surface area contributed by atoms with Gasteiger partial charge < -0.3 is 14.0 Å². The van der Waals surface area contributed by atoms with Crippen molar-refractivity contribution in [2.45, 2.75) is 52.2 Å². The minimum atomic E-state index is -0.754. The second-order valence-corrected chi connectivity index (χ2v) is 9.86. The molecule has 2 aromatic heterocycles. The highest BCUT2D eigenvalue weighted by molar-refractivity contribution is 6.31. The zero-order valence-electron chi connectivity index (χ0n) is 21.4. The topological polar surface area (TPSA) is 111 Å². The molecule has 3 rings (SSSR count). The average Bonchev–Trinajstić information content (AvgIpc) is 2.84. The lowest BCUT2D eigenvalue weighted by molar-refractivity contribution is -0.121. The molecule has 0 radical (unpaired) electrons. The van der Waals surface area contributed by atoms with Gasteiger partial charge in [0.25, 0.3) is 5.56 Å². The Labute approximate surface area is 220 Å². The van der Waals surface area contributed by atoms with Crippen LogP contribution in [0.1, 0.15) is 61.8 Å². The summed E-state index contributed by atoms with van der Waals surface area (Å²) in [4.78, 5) is 42.7. The van der Waals surface area contributed by atoms with Crippen LogP contribution in [-0.4, -0.2) is 34.0 Å². The summed E-state index contributed by atoms with van der Waals surface area (Å²) < 4.78 is 12.2. The molecule has 1 unspecified atom stereocenters. The molecule has 192 valence electrons. The van der Waals surface area contributed by atoms with Crippen molar-refractivity contribution < 1.29 is 19.1 Å². The first-order chi connectivity index (χ1) is 17.5. The number of nitriles is 1. The van der Waals surface area contributed by atoms with E-state index >= 15 is 0 Å². The van der Waals surface area contributed by atoms with Crippen molar-refractivity contribution >= 4 is 23.4 Å². The summed E-state index contributed by atoms with van der Waals surface area (Å²) in [7, 11) is 1.45. The monoisotopic (exact) mass is 521 g/mol. The minimum absolute atomic E-state index is 0.0173. The molecule has 1 atom stereocenters. The minimum Gasteiger partial charge on any atom is -0.495 e. The second-order valence-electron chi connectivity index (χ2n) is 9.42. The maximum absolute atomic E-state index is 13.2. The van der Waals surface area contributed by atoms with E-state index in [4.69, 9.17) is 21.1 Å². The van der Waals surface area contributed by atoms with Crippen molar-refractivity contribution in [3.05, 3.63) is 81.0 Å². The van der Waals surface area contributed by atoms with Gasteiger partial charge in [0, 0.05) is 34.8 Å². The Morgan fingerprint density at radius 3 is 2.46 bits per heavy atom. The van der Waals surface area contributed by atoms with Crippen LogP contribution in [0.25, 0.3) is 11.1 Å². The molecule has 3 aromatic rings. The van der Waals surface area contributed by atoms with Crippen LogP contribution in [-0.2, 0) is 16.0 Å². The SMILES string of the molecule is CCC(C(=O)Cc1ccc(C(=O)OC(C)(C)C)nc1)n1cc(OC)c(-c2cc(Cl)ccc2C#N)cc1=O. The molecule has 0 aliphatic carbocycles. The Balaban J connectivity index is 1.89. The molecule has 37 heavy (non-hydrogen) atoms. The Morgan fingerprint density at radius 1 is 1.16 bits per heavy atom. The molecule has 0 N–H and O–H groups in total. The predicted octanol–water partition coefficient (Wildman–Crippen LogP) is 5.16. The first-order valence-electron chi connectivity index (χ1n) is 11.7. The number of hydrogen-bond donors (Lipinski definition) is 0. The number of carbonyl (C=O) groups excluding carboxylic acids is 2. The number of halogens is 1. The van der Waals surface area contributed by atoms with E-state index < -0.39 is 23.2 Å². The third-order valence-corrected chi connectivity index (χ3v) is 5.80. The first-order valence-corrected chi connectivity index (χ1v) is 12.1. The number of benzene rings is 1. The average molecular weight is 522 g/mol. The Kier molecular flexibility index (Phi) is 8.51. The smallest absolute Gasteiger partial charge is 0.357 e. The van der Waals surface area contributed by atoms with Crippen LogP contribution in [0, 0.1) is 11.3 Å². The fourth-order valence-electron chi connectivity index (χ4n) is 3.86. The second kappa shape index (κ2) is 11.4. The van der Waals surface area contributed by atoms with Crippen molar-refractivity contribution in [2.75, 3.05) is 7.11 Å². The predicted molar refractivity (Wildman–Crippen MR) is 140 cm³/mol. The van der Waals surface area contributed by atoms with Crippen molar-refractivity contribution in [1.29, 1.82) is 5.26 Å². The van der Waals surface area contributed by atoms with E-state index in [2.05, 4.69) is 11.1 Å². The number of hydrogen-bond acceptors (Lipinski definition) is 7. The lowest BCUT2D eigenvalue weighted by Gasteiger charge is -2.20. The van der Waals surface area contributed by atoms with Gasteiger partial charge >= 0.3 is 5.97 Å². The zero-order chi connectivity index (χ0) is 27.3. The normalized spacial score (nSPS) is 11.9. The summed E-state index contributed by atoms with van der Waals surface area (Å²) in [5, 5.41) is 9.91. The highest BCUT2D eigenvalue weighted by atomic mass is 35.5. The van der Waals surface area contributed by atoms with Gasteiger partial charge in [0.2, 0.25) is 0 Å². The molecule has 0 bridgehead atoms. The van der Waals surface area contributed by atoms with Crippen molar-refractivity contribution in [1.82, 2.24) is 9.55 Å². The summed E-state index contributed by atoms with van der Waals surface area (Å²) in [5.74, 6) is -0.422. The van der Waals surface area contributed by atoms with Crippen LogP contribution in [0.2, 0.25) is 5.02 Å². The van der Waals surface area contributed by atoms with Crippen molar-refractivity contribution in [3.63, 3.8) is 0 Å². The van der Waals surface area contributed by atoms with Gasteiger partial charge in [0.15, 0.2) is 5.78 Å². The number of ether oxygens (including phenoxy) is 2. The van der Waals surface area contributed by atoms with E-state index in [0.717, 1.165) is 0 Å². The quantitative estimate of drug-likeness (QED) is 0.376. The number of Topliss-reactive ketones (excluding diaryl/α,β-unsaturated/α-hetero) is 1. The van der Waals surface area contributed by atoms with Gasteiger partial charge in [-0.1, -0.05) is 24.6 Å². The van der Waals surface area contributed by atoms with Crippen molar-refractivity contribution in [2.24, 2.45) is 0 Å². The van der Waals surface area contributed by atoms with Gasteiger partial charge in [-0.05, 0) is 57.0 Å². The lowest BCUT2D eigenvalue weighted by atomic mass is 9.99. The number of methoxy groups -OCH3 is 1. The summed E-state index contributed by atoms with van der Waals surface area (Å²) >= 11 is 6.13. The van der Waals surface area contributed by atoms with Crippen molar-refractivity contribution in [3.8, 4) is 22.9 Å². The van der Waals surface area contributed by atoms with Crippen LogP contribution >= 0.6 is 11.6 Å². The standard InChI is InChI=1S/C28H28ClN3O5/c1-6-23(24(33)11-17-7-10-22(31-15-17)27(35)37-28(2,3)4)32-16-25(36-5)21(13-26(32)34)20-12-19(29)9-8-18(20)14-30/h7-10,12-13,15-16,23H,6,11H2,1-5H3. The Bertz CT molecular complexity index is 1420. The molecule has 1 aromatic carbocycles. The van der Waals surface area contributed by atoms with E-state index in [0.29, 0.717) is 39.4 Å². The number of ketones is 1. The maximum atomic E-state index is 13.2. The van der Waals surface area contributed by atoms with Gasteiger partial charge in [-0.3, -0.25) is 9.59 Å². The van der Waals surface area contributed by atoms with Gasteiger partial charge in [-0.25, -0.2) is 9.78 Å². The van der Waals surface area contributed by atoms with E-state index in [1.165, 1.54) is 36.2 Å². The lowest BCUT2D eigenvalue weighted by Crippen LogP contribution is -2.30. The van der Waals surface area contributed by atoms with E-state index in [1.54, 1.807) is 45.0 Å². The summed E-state index contributed by atoms with van der Waals surface area (Å²) in [5.41, 5.74) is 0.897. The molecule has 0 aliphatic rings. The number of rotatable bonds is 8. The van der Waals surface area contributed by atoms with E-state index in [-0.39, 0.29) is 17.9 Å². The number of carbonyl (C=O) groups is 2. The third kappa shape index (κ3) is 6.63. The molecule has 0 saturated carbocycles. The molecule has 9 heteroatoms. The van der Waals surface area contributed by atoms with Gasteiger partial charge in [-0.2, -0.15) is 5.26 Å². The van der Waals surface area contributed by atoms with E-state index in [9.17, 15) is 19.6 Å². The Morgan fingerprint density at radius 2 is 1.89 bits per heavy atom. The van der Waals surface area contributed by atoms with Crippen LogP contribution in [0.15, 0.2) is 53.6 Å². The fourth-order valence-corrected chi connectivity index (χ4v) is 4.03. The number of pyridine rings is 2. The highest BCUT2D eigenvalue weighted by Crippen LogP contribution is 2.33. The molecular formula is C28H28ClN3O5. The van der Waals surface area contributed by atoms with Gasteiger partial charge in [-0.15, -0.1) is 0 Å². The fraction of sp³-hybridized carbons (Fsp3) is 0.321. The molecule has 2 heterocycles. The molecule has 0 aliphatic heterocycles. The molecular weight excluding hydrogens is 494 g/mol. The highest BCUT2D eigenvalue weighted by Gasteiger charge is 2.23. The van der Waals surface area contributed by atoms with Gasteiger partial charge in [0.1, 0.15) is 17.0 Å². The van der Waals surface area contributed by atoms with Crippen LogP contribution in [0.3, 0.4) is 0 Å². The third-order valence-electron chi connectivity index (χ3n) is 5.56. The Hall–Kier alpha value is -3.96. The molecule has 8 nitrogen and oxygen atoms in total. The van der Waals surface area contributed by atoms with Crippen LogP contribution in [0.4, 0.5) is 0 Å². The molecule has 0 saturated heterocycles.